The van der Waals surface area contributed by atoms with Crippen LogP contribution in [0, 0.1) is 5.41 Å². The Bertz CT molecular complexity index is 684. The fourth-order valence-corrected chi connectivity index (χ4v) is 2.60. The number of thiophene rings is 1. The molecule has 0 aromatic carbocycles. The van der Waals surface area contributed by atoms with Gasteiger partial charge in [-0.1, -0.05) is 20.8 Å². The predicted octanol–water partition coefficient (Wildman–Crippen LogP) is 3.42. The van der Waals surface area contributed by atoms with E-state index in [2.05, 4.69) is 10.3 Å². The quantitative estimate of drug-likeness (QED) is 0.905. The Morgan fingerprint density at radius 2 is 2.00 bits per heavy atom. The summed E-state index contributed by atoms with van der Waals surface area (Å²) in [5, 5.41) is 13.5. The van der Waals surface area contributed by atoms with Gasteiger partial charge in [-0.05, 0) is 29.1 Å². The smallest absolute Gasteiger partial charge is 0.308 e. The number of carbonyl (C=O) groups excluding carboxylic acids is 1. The SMILES string of the molecule is CC(C)(C)C(=O)Nc1ccc(-c2csc(CC(=O)O)c2)cn1. The molecule has 2 aromatic heterocycles. The number of carbonyl (C=O) groups is 2. The summed E-state index contributed by atoms with van der Waals surface area (Å²) in [6, 6.07) is 5.45. The first-order valence-electron chi connectivity index (χ1n) is 6.83. The number of carboxylic acid groups (broad SMARTS) is 1. The third-order valence-electron chi connectivity index (χ3n) is 3.00. The van der Waals surface area contributed by atoms with Crippen LogP contribution in [0.4, 0.5) is 5.82 Å². The van der Waals surface area contributed by atoms with E-state index >= 15 is 0 Å². The molecule has 2 aromatic rings. The summed E-state index contributed by atoms with van der Waals surface area (Å²) >= 11 is 1.41. The van der Waals surface area contributed by atoms with E-state index in [1.54, 1.807) is 12.3 Å². The first-order chi connectivity index (χ1) is 10.3. The maximum atomic E-state index is 11.9. The zero-order chi connectivity index (χ0) is 16.3. The van der Waals surface area contributed by atoms with E-state index in [1.165, 1.54) is 11.3 Å². The number of nitrogens with zero attached hydrogens (tertiary/aromatic N) is 1. The Hall–Kier alpha value is -2.21. The van der Waals surface area contributed by atoms with Crippen LogP contribution in [0.3, 0.4) is 0 Å². The van der Waals surface area contributed by atoms with Crippen molar-refractivity contribution in [3.8, 4) is 11.1 Å². The molecule has 0 aliphatic carbocycles. The van der Waals surface area contributed by atoms with Crippen molar-refractivity contribution < 1.29 is 14.7 Å². The Morgan fingerprint density at radius 1 is 1.27 bits per heavy atom. The molecule has 0 atom stereocenters. The zero-order valence-electron chi connectivity index (χ0n) is 12.7. The highest BCUT2D eigenvalue weighted by Gasteiger charge is 2.21. The number of pyridine rings is 1. The lowest BCUT2D eigenvalue weighted by Gasteiger charge is -2.17. The molecule has 0 spiro atoms. The van der Waals surface area contributed by atoms with Gasteiger partial charge in [-0.25, -0.2) is 4.98 Å². The molecule has 0 fully saturated rings. The third-order valence-corrected chi connectivity index (χ3v) is 3.94. The average molecular weight is 318 g/mol. The first kappa shape index (κ1) is 16.2. The molecule has 0 saturated carbocycles. The van der Waals surface area contributed by atoms with Gasteiger partial charge in [0.2, 0.25) is 5.91 Å². The van der Waals surface area contributed by atoms with Gasteiger partial charge in [-0.2, -0.15) is 0 Å². The van der Waals surface area contributed by atoms with Gasteiger partial charge < -0.3 is 10.4 Å². The van der Waals surface area contributed by atoms with Crippen LogP contribution in [0.15, 0.2) is 29.8 Å². The number of aliphatic carboxylic acids is 1. The molecular formula is C16H18N2O3S. The normalized spacial score (nSPS) is 11.2. The summed E-state index contributed by atoms with van der Waals surface area (Å²) in [5.74, 6) is -0.427. The third kappa shape index (κ3) is 4.14. The van der Waals surface area contributed by atoms with E-state index in [1.807, 2.05) is 38.3 Å². The molecule has 6 heteroatoms. The van der Waals surface area contributed by atoms with Crippen LogP contribution in [0.2, 0.25) is 0 Å². The second-order valence-electron chi connectivity index (χ2n) is 6.01. The van der Waals surface area contributed by atoms with Crippen LogP contribution in [0.1, 0.15) is 25.6 Å². The van der Waals surface area contributed by atoms with Crippen molar-refractivity contribution in [1.82, 2.24) is 4.98 Å². The van der Waals surface area contributed by atoms with Crippen molar-refractivity contribution in [2.75, 3.05) is 5.32 Å². The number of carboxylic acids is 1. The molecule has 22 heavy (non-hydrogen) atoms. The van der Waals surface area contributed by atoms with Crippen molar-refractivity contribution in [3.05, 3.63) is 34.7 Å². The number of hydrogen-bond donors (Lipinski definition) is 2. The molecule has 1 amide bonds. The highest BCUT2D eigenvalue weighted by Crippen LogP contribution is 2.26. The van der Waals surface area contributed by atoms with Crippen LogP contribution in [-0.2, 0) is 16.0 Å². The minimum absolute atomic E-state index is 0.0256. The fraction of sp³-hybridized carbons (Fsp3) is 0.312. The number of rotatable bonds is 4. The van der Waals surface area contributed by atoms with E-state index in [9.17, 15) is 9.59 Å². The van der Waals surface area contributed by atoms with Crippen LogP contribution >= 0.6 is 11.3 Å². The Kier molecular flexibility index (Phi) is 4.61. The van der Waals surface area contributed by atoms with Gasteiger partial charge in [-0.3, -0.25) is 9.59 Å². The highest BCUT2D eigenvalue weighted by molar-refractivity contribution is 7.10. The van der Waals surface area contributed by atoms with E-state index in [0.717, 1.165) is 16.0 Å². The molecule has 0 unspecified atom stereocenters. The van der Waals surface area contributed by atoms with Crippen molar-refractivity contribution in [1.29, 1.82) is 0 Å². The fourth-order valence-electron chi connectivity index (χ4n) is 1.72. The summed E-state index contributed by atoms with van der Waals surface area (Å²) in [7, 11) is 0. The van der Waals surface area contributed by atoms with Gasteiger partial charge >= 0.3 is 5.97 Å². The summed E-state index contributed by atoms with van der Waals surface area (Å²) in [5.41, 5.74) is 1.35. The maximum Gasteiger partial charge on any atom is 0.308 e. The summed E-state index contributed by atoms with van der Waals surface area (Å²) in [4.78, 5) is 27.6. The molecule has 0 saturated heterocycles. The minimum Gasteiger partial charge on any atom is -0.481 e. The number of anilines is 1. The molecule has 2 rings (SSSR count). The highest BCUT2D eigenvalue weighted by atomic mass is 32.1. The van der Waals surface area contributed by atoms with E-state index in [-0.39, 0.29) is 12.3 Å². The molecule has 5 nitrogen and oxygen atoms in total. The zero-order valence-corrected chi connectivity index (χ0v) is 13.5. The van der Waals surface area contributed by atoms with Crippen LogP contribution in [0.25, 0.3) is 11.1 Å². The predicted molar refractivity (Wildman–Crippen MR) is 87.0 cm³/mol. The van der Waals surface area contributed by atoms with Crippen LogP contribution in [-0.4, -0.2) is 22.0 Å². The van der Waals surface area contributed by atoms with Gasteiger partial charge in [0, 0.05) is 22.1 Å². The van der Waals surface area contributed by atoms with Gasteiger partial charge in [-0.15, -0.1) is 11.3 Å². The second kappa shape index (κ2) is 6.27. The van der Waals surface area contributed by atoms with Crippen molar-refractivity contribution >= 4 is 29.0 Å². The maximum absolute atomic E-state index is 11.9. The van der Waals surface area contributed by atoms with Crippen molar-refractivity contribution in [2.45, 2.75) is 27.2 Å². The molecule has 2 heterocycles. The lowest BCUT2D eigenvalue weighted by atomic mass is 9.96. The van der Waals surface area contributed by atoms with Crippen molar-refractivity contribution in [2.24, 2.45) is 5.41 Å². The number of nitrogens with one attached hydrogen (secondary N) is 1. The van der Waals surface area contributed by atoms with E-state index in [0.29, 0.717) is 5.82 Å². The molecular weight excluding hydrogens is 300 g/mol. The van der Waals surface area contributed by atoms with Gasteiger partial charge in [0.1, 0.15) is 5.82 Å². The first-order valence-corrected chi connectivity index (χ1v) is 7.71. The van der Waals surface area contributed by atoms with Crippen LogP contribution in [0.5, 0.6) is 0 Å². The Balaban J connectivity index is 2.10. The van der Waals surface area contributed by atoms with Gasteiger partial charge in [0.25, 0.3) is 0 Å². The van der Waals surface area contributed by atoms with E-state index in [4.69, 9.17) is 5.11 Å². The monoisotopic (exact) mass is 318 g/mol. The standard InChI is InChI=1S/C16H18N2O3S/c1-16(2,3)15(21)18-13-5-4-10(8-17-13)11-6-12(22-9-11)7-14(19)20/h4-6,8-9H,7H2,1-3H3,(H,19,20)(H,17,18,21). The van der Waals surface area contributed by atoms with E-state index < -0.39 is 11.4 Å². The lowest BCUT2D eigenvalue weighted by molar-refractivity contribution is -0.136. The minimum atomic E-state index is -0.841. The van der Waals surface area contributed by atoms with Crippen molar-refractivity contribution in [3.63, 3.8) is 0 Å². The van der Waals surface area contributed by atoms with Gasteiger partial charge in [0.15, 0.2) is 0 Å². The molecule has 0 aliphatic heterocycles. The average Bonchev–Trinajstić information content (AvgIpc) is 2.86. The largest absolute Gasteiger partial charge is 0.481 e. The molecule has 0 aliphatic rings. The summed E-state index contributed by atoms with van der Waals surface area (Å²) in [6.07, 6.45) is 1.70. The lowest BCUT2D eigenvalue weighted by Crippen LogP contribution is -2.27. The van der Waals surface area contributed by atoms with Gasteiger partial charge in [0.05, 0.1) is 6.42 Å². The molecule has 0 radical (unpaired) electrons. The summed E-state index contributed by atoms with van der Waals surface area (Å²) < 4.78 is 0. The molecule has 0 bridgehead atoms. The number of hydrogen-bond acceptors (Lipinski definition) is 4. The topological polar surface area (TPSA) is 79.3 Å². The Labute approximate surface area is 133 Å². The number of aromatic nitrogens is 1. The summed E-state index contributed by atoms with van der Waals surface area (Å²) in [6.45, 7) is 5.52. The second-order valence-corrected chi connectivity index (χ2v) is 7.00. The Morgan fingerprint density at radius 3 is 2.55 bits per heavy atom. The molecule has 116 valence electrons. The molecule has 2 N–H and O–H groups in total. The number of amides is 1. The van der Waals surface area contributed by atoms with Crippen LogP contribution < -0.4 is 5.32 Å².